The molecule has 0 aliphatic rings. The average Bonchev–Trinajstić information content (AvgIpc) is 1.60. The second kappa shape index (κ2) is 37.8. The van der Waals surface area contributed by atoms with E-state index in [2.05, 4.69) is 474 Å². The molecule has 20 rings (SSSR count). The van der Waals surface area contributed by atoms with Gasteiger partial charge in [-0.05, 0) is 202 Å². The lowest BCUT2D eigenvalue weighted by Gasteiger charge is -2.07. The number of hydrogen-bond donors (Lipinski definition) is 0. The summed E-state index contributed by atoms with van der Waals surface area (Å²) in [5.41, 5.74) is 26.4. The molecule has 17 aromatic carbocycles. The second-order valence-electron chi connectivity index (χ2n) is 29.2. The molecule has 0 atom stereocenters. The van der Waals surface area contributed by atoms with Crippen LogP contribution < -0.4 is 0 Å². The van der Waals surface area contributed by atoms with E-state index < -0.39 is 0 Å². The van der Waals surface area contributed by atoms with Crippen LogP contribution >= 0.6 is 0 Å². The molecule has 3 heterocycles. The molecule has 0 aliphatic heterocycles. The first-order chi connectivity index (χ1) is 54.5. The highest BCUT2D eigenvalue weighted by molar-refractivity contribution is 6.11. The minimum atomic E-state index is 1.22. The third kappa shape index (κ3) is 19.3. The maximum absolute atomic E-state index is 2.34. The van der Waals surface area contributed by atoms with Gasteiger partial charge in [0.05, 0.1) is 11.0 Å². The standard InChI is InChI=1S/C19H15N.C17H14.C15H12.2C13H11N.C9H12.2C8H10.C7H8/c1-14-10-12-15(13-11-14)20-18-8-4-2-6-16(18)17-7-3-5-9-19(17)20;1-13-9-11-15(12-10-13)17-8-4-6-14-5-2-3-7-16(14)17;1-11-10-12-6-2-3-8-14(12)15-9-5-4-7-13(11)15;2*1-14-12-8-4-2-6-10(12)11-7-3-5-9-13(11)14;1-7-5-4-6-8(2)9(7)3;1-7-4-3-5-8(2)6-7;1-7-5-3-4-6-8(7)2;1-7-5-3-2-4-6-7/h2-13H,1H3;2-12H,1H3;2-10H,1H3;2*2-9H,1H3;4-6H,1-3H3;2*3-6H,1-2H3;2-6H,1H3. The number of nitrogens with zero attached hydrogens (tertiary/aromatic N) is 3. The molecule has 3 heteroatoms. The number of aryl methyl sites for hydroxylation is 12. The number of aromatic nitrogens is 3. The van der Waals surface area contributed by atoms with E-state index in [1.165, 1.54) is 176 Å². The van der Waals surface area contributed by atoms with Crippen molar-refractivity contribution >= 4 is 97.7 Å². The van der Waals surface area contributed by atoms with Gasteiger partial charge in [-0.15, -0.1) is 0 Å². The minimum Gasteiger partial charge on any atom is -0.344 e. The molecule has 0 fully saturated rings. The van der Waals surface area contributed by atoms with Crippen LogP contribution in [0.1, 0.15) is 61.2 Å². The summed E-state index contributed by atoms with van der Waals surface area (Å²) in [6, 6.07) is 137. The summed E-state index contributed by atoms with van der Waals surface area (Å²) in [6.45, 7) is 23.4. The third-order valence-electron chi connectivity index (χ3n) is 21.1. The molecule has 3 aromatic heterocycles. The lowest BCUT2D eigenvalue weighted by molar-refractivity contribution is 1.01. The maximum atomic E-state index is 2.34. The summed E-state index contributed by atoms with van der Waals surface area (Å²) in [5.74, 6) is 0. The van der Waals surface area contributed by atoms with E-state index in [9.17, 15) is 0 Å². The van der Waals surface area contributed by atoms with Gasteiger partial charge < -0.3 is 13.7 Å². The molecule has 0 spiro atoms. The Kier molecular flexibility index (Phi) is 26.5. The minimum absolute atomic E-state index is 1.22. The fourth-order valence-electron chi connectivity index (χ4n) is 14.5. The van der Waals surface area contributed by atoms with Crippen LogP contribution in [-0.2, 0) is 14.1 Å². The first-order valence-electron chi connectivity index (χ1n) is 38.9. The van der Waals surface area contributed by atoms with E-state index in [0.717, 1.165) is 0 Å². The van der Waals surface area contributed by atoms with Crippen LogP contribution in [0, 0.1) is 76.2 Å². The van der Waals surface area contributed by atoms with Gasteiger partial charge in [0.2, 0.25) is 0 Å². The van der Waals surface area contributed by atoms with Gasteiger partial charge in [-0.25, -0.2) is 0 Å². The van der Waals surface area contributed by atoms with E-state index >= 15 is 0 Å². The molecular formula is C109H103N3. The summed E-state index contributed by atoms with van der Waals surface area (Å²) < 4.78 is 6.82. The van der Waals surface area contributed by atoms with Crippen molar-refractivity contribution in [3.63, 3.8) is 0 Å². The number of hydrogen-bond acceptors (Lipinski definition) is 0. The lowest BCUT2D eigenvalue weighted by atomic mass is 9.98. The van der Waals surface area contributed by atoms with Gasteiger partial charge in [-0.2, -0.15) is 0 Å². The van der Waals surface area contributed by atoms with Crippen molar-refractivity contribution in [1.82, 2.24) is 13.7 Å². The van der Waals surface area contributed by atoms with Gasteiger partial charge in [0, 0.05) is 74.2 Å². The predicted octanol–water partition coefficient (Wildman–Crippen LogP) is 30.1. The Morgan fingerprint density at radius 3 is 0.893 bits per heavy atom. The monoisotopic (exact) mass is 1450 g/mol. The Hall–Kier alpha value is -13.1. The highest BCUT2D eigenvalue weighted by Gasteiger charge is 2.12. The van der Waals surface area contributed by atoms with E-state index in [1.54, 1.807) is 0 Å². The van der Waals surface area contributed by atoms with Crippen LogP contribution in [0.3, 0.4) is 0 Å². The van der Waals surface area contributed by atoms with Crippen molar-refractivity contribution in [2.75, 3.05) is 0 Å². The highest BCUT2D eigenvalue weighted by atomic mass is 15.0. The van der Waals surface area contributed by atoms with Crippen molar-refractivity contribution in [3.05, 3.63) is 449 Å². The number of para-hydroxylation sites is 6. The zero-order chi connectivity index (χ0) is 78.5. The topological polar surface area (TPSA) is 14.8 Å². The highest BCUT2D eigenvalue weighted by Crippen LogP contribution is 2.34. The van der Waals surface area contributed by atoms with Crippen LogP contribution in [0.4, 0.5) is 0 Å². The van der Waals surface area contributed by atoms with Crippen molar-refractivity contribution in [2.45, 2.75) is 76.2 Å². The molecule has 3 nitrogen and oxygen atoms in total. The second-order valence-corrected chi connectivity index (χ2v) is 29.2. The van der Waals surface area contributed by atoms with Crippen molar-refractivity contribution < 1.29 is 0 Å². The van der Waals surface area contributed by atoms with Crippen molar-refractivity contribution in [1.29, 1.82) is 0 Å². The smallest absolute Gasteiger partial charge is 0.0541 e. The summed E-state index contributed by atoms with van der Waals surface area (Å²) in [4.78, 5) is 0. The van der Waals surface area contributed by atoms with E-state index in [-0.39, 0.29) is 0 Å². The summed E-state index contributed by atoms with van der Waals surface area (Å²) in [6.07, 6.45) is 0. The van der Waals surface area contributed by atoms with Crippen molar-refractivity contribution in [3.8, 4) is 16.8 Å². The molecular weight excluding hydrogens is 1350 g/mol. The van der Waals surface area contributed by atoms with Gasteiger partial charge in [0.1, 0.15) is 0 Å². The van der Waals surface area contributed by atoms with Gasteiger partial charge in [-0.3, -0.25) is 0 Å². The molecule has 0 bridgehead atoms. The van der Waals surface area contributed by atoms with Gasteiger partial charge in [0.15, 0.2) is 0 Å². The van der Waals surface area contributed by atoms with Gasteiger partial charge in [0.25, 0.3) is 0 Å². The summed E-state index contributed by atoms with van der Waals surface area (Å²) in [5, 5.41) is 16.0. The van der Waals surface area contributed by atoms with Gasteiger partial charge >= 0.3 is 0 Å². The number of fused-ring (bicyclic) bond motifs is 13. The Balaban J connectivity index is 0.000000119. The molecule has 0 amide bonds. The van der Waals surface area contributed by atoms with Crippen molar-refractivity contribution in [2.24, 2.45) is 14.1 Å². The number of benzene rings is 17. The van der Waals surface area contributed by atoms with E-state index in [1.807, 2.05) is 18.2 Å². The molecule has 0 saturated heterocycles. The molecule has 554 valence electrons. The molecule has 0 unspecified atom stereocenters. The zero-order valence-electron chi connectivity index (χ0n) is 67.3. The summed E-state index contributed by atoms with van der Waals surface area (Å²) >= 11 is 0. The Morgan fingerprint density at radius 2 is 0.482 bits per heavy atom. The zero-order valence-corrected chi connectivity index (χ0v) is 67.3. The molecule has 20 aromatic rings. The summed E-state index contributed by atoms with van der Waals surface area (Å²) in [7, 11) is 4.23. The predicted molar refractivity (Wildman–Crippen MR) is 490 cm³/mol. The first kappa shape index (κ1) is 78.5. The van der Waals surface area contributed by atoms with Crippen LogP contribution in [0.5, 0.6) is 0 Å². The SMILES string of the molecule is Cc1cc2ccccc2c2ccccc12.Cc1ccc(-c2cccc3ccccc23)cc1.Cc1ccc(-n2c3ccccc3c3ccccc32)cc1.Cc1cccc(C)c1.Cc1cccc(C)c1C.Cc1ccccc1.Cc1ccccc1C.Cn1c2ccccc2c2ccccc21.Cn1c2ccccc2c2ccccc21. The van der Waals surface area contributed by atoms with Gasteiger partial charge in [-0.1, -0.05) is 368 Å². The normalized spacial score (nSPS) is 10.5. The fourth-order valence-corrected chi connectivity index (χ4v) is 14.5. The lowest BCUT2D eigenvalue weighted by Crippen LogP contribution is -1.93. The largest absolute Gasteiger partial charge is 0.344 e. The molecule has 0 N–H and O–H groups in total. The fraction of sp³-hybridized carbons (Fsp3) is 0.119. The van der Waals surface area contributed by atoms with Crippen LogP contribution in [0.15, 0.2) is 388 Å². The molecule has 0 aliphatic carbocycles. The Bertz CT molecular complexity index is 6130. The van der Waals surface area contributed by atoms with Crippen LogP contribution in [0.2, 0.25) is 0 Å². The Labute approximate surface area is 663 Å². The van der Waals surface area contributed by atoms with Crippen LogP contribution in [-0.4, -0.2) is 13.7 Å². The van der Waals surface area contributed by atoms with Crippen LogP contribution in [0.25, 0.3) is 115 Å². The van der Waals surface area contributed by atoms with E-state index in [4.69, 9.17) is 0 Å². The third-order valence-corrected chi connectivity index (χ3v) is 21.1. The van der Waals surface area contributed by atoms with E-state index in [0.29, 0.717) is 0 Å². The maximum Gasteiger partial charge on any atom is 0.0541 e. The number of rotatable bonds is 2. The molecule has 0 radical (unpaired) electrons. The average molecular weight is 1460 g/mol. The molecule has 0 saturated carbocycles. The Morgan fingerprint density at radius 1 is 0.179 bits per heavy atom. The first-order valence-corrected chi connectivity index (χ1v) is 38.9. The molecule has 112 heavy (non-hydrogen) atoms. The quantitative estimate of drug-likeness (QED) is 0.153.